The number of nitrogens with two attached hydrogens (primary N) is 1. The highest BCUT2D eigenvalue weighted by atomic mass is 32.2. The van der Waals surface area contributed by atoms with E-state index in [0.29, 0.717) is 22.7 Å². The van der Waals surface area contributed by atoms with Crippen LogP contribution in [0.2, 0.25) is 0 Å². The minimum Gasteiger partial charge on any atom is -0.383 e. The average Bonchev–Trinajstić information content (AvgIpc) is 2.54. The molecule has 118 valence electrons. The first-order valence-corrected chi connectivity index (χ1v) is 8.39. The van der Waals surface area contributed by atoms with Crippen LogP contribution in [-0.4, -0.2) is 36.8 Å². The quantitative estimate of drug-likeness (QED) is 0.795. The zero-order valence-corrected chi connectivity index (χ0v) is 13.6. The Balaban J connectivity index is 2.29. The van der Waals surface area contributed by atoms with Gasteiger partial charge in [0.1, 0.15) is 5.82 Å². The zero-order valence-electron chi connectivity index (χ0n) is 12.8. The normalized spacial score (nSPS) is 12.0. The van der Waals surface area contributed by atoms with Crippen molar-refractivity contribution < 1.29 is 8.42 Å². The van der Waals surface area contributed by atoms with Crippen molar-refractivity contribution in [2.45, 2.75) is 4.90 Å². The van der Waals surface area contributed by atoms with Crippen LogP contribution in [0.3, 0.4) is 0 Å². The number of hydrogen-bond acceptors (Lipinski definition) is 5. The maximum Gasteiger partial charge on any atom is 0.243 e. The molecule has 0 atom stereocenters. The molecule has 0 aliphatic carbocycles. The van der Waals surface area contributed by atoms with Crippen LogP contribution in [0.25, 0.3) is 22.3 Å². The Labute approximate surface area is 134 Å². The van der Waals surface area contributed by atoms with Gasteiger partial charge in [0.05, 0.1) is 10.4 Å². The fraction of sp³-hybridized carbons (Fsp3) is 0.125. The van der Waals surface area contributed by atoms with Crippen molar-refractivity contribution in [3.05, 3.63) is 48.5 Å². The van der Waals surface area contributed by atoms with Gasteiger partial charge >= 0.3 is 0 Å². The van der Waals surface area contributed by atoms with Crippen molar-refractivity contribution in [3.63, 3.8) is 0 Å². The van der Waals surface area contributed by atoms with E-state index in [9.17, 15) is 8.42 Å². The molecule has 0 fully saturated rings. The SMILES string of the molecule is CN(C)S(=O)(=O)c1ccccc1-c1nc(N)c2ccccc2n1. The van der Waals surface area contributed by atoms with Gasteiger partial charge in [0.2, 0.25) is 10.0 Å². The number of benzene rings is 2. The molecule has 23 heavy (non-hydrogen) atoms. The highest BCUT2D eigenvalue weighted by Gasteiger charge is 2.23. The molecule has 0 radical (unpaired) electrons. The number of nitrogens with zero attached hydrogens (tertiary/aromatic N) is 3. The Bertz CT molecular complexity index is 984. The molecule has 0 saturated heterocycles. The topological polar surface area (TPSA) is 89.2 Å². The smallest absolute Gasteiger partial charge is 0.243 e. The molecular weight excluding hydrogens is 312 g/mol. The van der Waals surface area contributed by atoms with Gasteiger partial charge in [-0.15, -0.1) is 0 Å². The number of hydrogen-bond donors (Lipinski definition) is 1. The fourth-order valence-electron chi connectivity index (χ4n) is 2.29. The number of anilines is 1. The van der Waals surface area contributed by atoms with Gasteiger partial charge in [0.25, 0.3) is 0 Å². The van der Waals surface area contributed by atoms with E-state index in [1.165, 1.54) is 14.1 Å². The van der Waals surface area contributed by atoms with E-state index in [1.54, 1.807) is 24.3 Å². The van der Waals surface area contributed by atoms with Crippen molar-refractivity contribution in [3.8, 4) is 11.4 Å². The van der Waals surface area contributed by atoms with Crippen molar-refractivity contribution in [2.24, 2.45) is 0 Å². The number of fused-ring (bicyclic) bond motifs is 1. The van der Waals surface area contributed by atoms with Crippen LogP contribution in [0.4, 0.5) is 5.82 Å². The summed E-state index contributed by atoms with van der Waals surface area (Å²) >= 11 is 0. The van der Waals surface area contributed by atoms with Gasteiger partial charge in [0, 0.05) is 25.0 Å². The summed E-state index contributed by atoms with van der Waals surface area (Å²) in [5, 5.41) is 0.740. The molecule has 2 aromatic carbocycles. The Kier molecular flexibility index (Phi) is 3.75. The van der Waals surface area contributed by atoms with E-state index in [-0.39, 0.29) is 4.90 Å². The summed E-state index contributed by atoms with van der Waals surface area (Å²) < 4.78 is 26.2. The van der Waals surface area contributed by atoms with Crippen molar-refractivity contribution in [1.29, 1.82) is 0 Å². The van der Waals surface area contributed by atoms with E-state index in [4.69, 9.17) is 5.73 Å². The summed E-state index contributed by atoms with van der Waals surface area (Å²) in [5.41, 5.74) is 7.10. The Morgan fingerprint density at radius 1 is 0.957 bits per heavy atom. The first-order valence-electron chi connectivity index (χ1n) is 6.95. The lowest BCUT2D eigenvalue weighted by atomic mass is 10.2. The molecule has 0 saturated carbocycles. The molecule has 6 nitrogen and oxygen atoms in total. The highest BCUT2D eigenvalue weighted by Crippen LogP contribution is 2.29. The molecule has 0 aliphatic rings. The third-order valence-electron chi connectivity index (χ3n) is 3.52. The number of aromatic nitrogens is 2. The fourth-order valence-corrected chi connectivity index (χ4v) is 3.38. The predicted octanol–water partition coefficient (Wildman–Crippen LogP) is 2.13. The first-order chi connectivity index (χ1) is 10.9. The minimum atomic E-state index is -3.61. The summed E-state index contributed by atoms with van der Waals surface area (Å²) in [6, 6.07) is 14.0. The summed E-state index contributed by atoms with van der Waals surface area (Å²) in [6.07, 6.45) is 0. The molecule has 1 heterocycles. The molecule has 2 N–H and O–H groups in total. The molecule has 3 rings (SSSR count). The Hall–Kier alpha value is -2.51. The van der Waals surface area contributed by atoms with Crippen molar-refractivity contribution in [2.75, 3.05) is 19.8 Å². The van der Waals surface area contributed by atoms with Gasteiger partial charge in [-0.2, -0.15) is 0 Å². The lowest BCUT2D eigenvalue weighted by Gasteiger charge is -2.15. The minimum absolute atomic E-state index is 0.152. The molecule has 0 amide bonds. The molecular formula is C16H16N4O2S. The molecule has 3 aromatic rings. The highest BCUT2D eigenvalue weighted by molar-refractivity contribution is 7.89. The zero-order chi connectivity index (χ0) is 16.6. The largest absolute Gasteiger partial charge is 0.383 e. The maximum absolute atomic E-state index is 12.5. The second-order valence-corrected chi connectivity index (χ2v) is 7.35. The van der Waals surface area contributed by atoms with Crippen LogP contribution in [0.5, 0.6) is 0 Å². The second kappa shape index (κ2) is 5.60. The molecule has 1 aromatic heterocycles. The van der Waals surface area contributed by atoms with Gasteiger partial charge in [-0.3, -0.25) is 0 Å². The molecule has 0 bridgehead atoms. The Morgan fingerprint density at radius 3 is 2.35 bits per heavy atom. The molecule has 7 heteroatoms. The van der Waals surface area contributed by atoms with Gasteiger partial charge in [-0.05, 0) is 24.3 Å². The van der Waals surface area contributed by atoms with Crippen LogP contribution >= 0.6 is 0 Å². The number of sulfonamides is 1. The predicted molar refractivity (Wildman–Crippen MR) is 90.3 cm³/mol. The number of para-hydroxylation sites is 1. The van der Waals surface area contributed by atoms with E-state index in [1.807, 2.05) is 24.3 Å². The van der Waals surface area contributed by atoms with Crippen molar-refractivity contribution in [1.82, 2.24) is 14.3 Å². The lowest BCUT2D eigenvalue weighted by Crippen LogP contribution is -2.23. The van der Waals surface area contributed by atoms with Crippen LogP contribution in [-0.2, 0) is 10.0 Å². The van der Waals surface area contributed by atoms with E-state index in [2.05, 4.69) is 9.97 Å². The van der Waals surface area contributed by atoms with Gasteiger partial charge < -0.3 is 5.73 Å². The van der Waals surface area contributed by atoms with Gasteiger partial charge in [-0.25, -0.2) is 22.7 Å². The van der Waals surface area contributed by atoms with E-state index >= 15 is 0 Å². The van der Waals surface area contributed by atoms with Crippen LogP contribution < -0.4 is 5.73 Å². The summed E-state index contributed by atoms with van der Waals surface area (Å²) in [5.74, 6) is 0.616. The lowest BCUT2D eigenvalue weighted by molar-refractivity contribution is 0.521. The standard InChI is InChI=1S/C16H16N4O2S/c1-20(2)23(21,22)14-10-6-4-8-12(14)16-18-13-9-5-3-7-11(13)15(17)19-16/h3-10H,1-2H3,(H2,17,18,19). The van der Waals surface area contributed by atoms with Crippen LogP contribution in [0, 0.1) is 0 Å². The maximum atomic E-state index is 12.5. The molecule has 0 aliphatic heterocycles. The Morgan fingerprint density at radius 2 is 1.61 bits per heavy atom. The third-order valence-corrected chi connectivity index (χ3v) is 5.39. The molecule has 0 spiro atoms. The summed E-state index contributed by atoms with van der Waals surface area (Å²) in [4.78, 5) is 8.91. The van der Waals surface area contributed by atoms with Crippen LogP contribution in [0.1, 0.15) is 0 Å². The average molecular weight is 328 g/mol. The van der Waals surface area contributed by atoms with Gasteiger partial charge in [-0.1, -0.05) is 24.3 Å². The van der Waals surface area contributed by atoms with Gasteiger partial charge in [0.15, 0.2) is 5.82 Å². The van der Waals surface area contributed by atoms with E-state index in [0.717, 1.165) is 9.69 Å². The monoisotopic (exact) mass is 328 g/mol. The first kappa shape index (κ1) is 15.4. The molecule has 0 unspecified atom stereocenters. The number of rotatable bonds is 3. The number of nitrogen functional groups attached to an aromatic ring is 1. The van der Waals surface area contributed by atoms with Crippen molar-refractivity contribution >= 4 is 26.7 Å². The van der Waals surface area contributed by atoms with E-state index < -0.39 is 10.0 Å². The third kappa shape index (κ3) is 2.64. The summed E-state index contributed by atoms with van der Waals surface area (Å²) in [7, 11) is -0.634. The van der Waals surface area contributed by atoms with Crippen LogP contribution in [0.15, 0.2) is 53.4 Å². The summed E-state index contributed by atoms with van der Waals surface area (Å²) in [6.45, 7) is 0. The second-order valence-electron chi connectivity index (χ2n) is 5.23.